The lowest BCUT2D eigenvalue weighted by Gasteiger charge is -2.39. The van der Waals surface area contributed by atoms with Crippen molar-refractivity contribution in [2.75, 3.05) is 13.1 Å². The van der Waals surface area contributed by atoms with Gasteiger partial charge in [0.15, 0.2) is 0 Å². The molecule has 1 aromatic rings. The lowest BCUT2D eigenvalue weighted by Crippen LogP contribution is -2.40. The summed E-state index contributed by atoms with van der Waals surface area (Å²) >= 11 is 0. The molecule has 1 aromatic carbocycles. The molecule has 0 bridgehead atoms. The highest BCUT2D eigenvalue weighted by Gasteiger charge is 2.46. The maximum atomic E-state index is 11.9. The first kappa shape index (κ1) is 30.7. The van der Waals surface area contributed by atoms with Gasteiger partial charge in [-0.05, 0) is 89.3 Å². The van der Waals surface area contributed by atoms with Crippen LogP contribution in [-0.4, -0.2) is 19.1 Å². The van der Waals surface area contributed by atoms with Crippen LogP contribution in [0.15, 0.2) is 94.8 Å². The van der Waals surface area contributed by atoms with Crippen LogP contribution in [0.4, 0.5) is 0 Å². The quantitative estimate of drug-likeness (QED) is 0.139. The first-order chi connectivity index (χ1) is 18.0. The van der Waals surface area contributed by atoms with Crippen LogP contribution in [0.1, 0.15) is 91.5 Å². The topological polar surface area (TPSA) is 41.5 Å². The molecule has 0 saturated heterocycles. The molecule has 0 radical (unpaired) electrons. The van der Waals surface area contributed by atoms with Crippen LogP contribution in [0.5, 0.6) is 0 Å². The zero-order chi connectivity index (χ0) is 26.9. The molecule has 1 aliphatic rings. The van der Waals surface area contributed by atoms with E-state index < -0.39 is 0 Å². The zero-order valence-electron chi connectivity index (χ0n) is 24.0. The number of hydrogen-bond acceptors (Lipinski definition) is 3. The number of benzene rings is 1. The first-order valence-electron chi connectivity index (χ1n) is 14.4. The molecule has 1 fully saturated rings. The van der Waals surface area contributed by atoms with Gasteiger partial charge in [0.1, 0.15) is 0 Å². The summed E-state index contributed by atoms with van der Waals surface area (Å²) in [5.74, 6) is 0.379. The van der Waals surface area contributed by atoms with Crippen molar-refractivity contribution in [2.24, 2.45) is 11.1 Å². The van der Waals surface area contributed by atoms with Crippen LogP contribution in [0.3, 0.4) is 0 Å². The lowest BCUT2D eigenvalue weighted by atomic mass is 9.64. The summed E-state index contributed by atoms with van der Waals surface area (Å²) < 4.78 is 0. The zero-order valence-corrected chi connectivity index (χ0v) is 24.0. The summed E-state index contributed by atoms with van der Waals surface area (Å²) in [6, 6.07) is 11.1. The Hall–Kier alpha value is -2.52. The number of hydrogen-bond donors (Lipinski definition) is 1. The molecule has 3 heteroatoms. The summed E-state index contributed by atoms with van der Waals surface area (Å²) in [4.78, 5) is 11.9. The third kappa shape index (κ3) is 9.38. The van der Waals surface area contributed by atoms with E-state index in [0.29, 0.717) is 12.0 Å². The monoisotopic (exact) mass is 502 g/mol. The number of allylic oxidation sites excluding steroid dienone is 9. The van der Waals surface area contributed by atoms with Crippen molar-refractivity contribution in [1.29, 1.82) is 0 Å². The van der Waals surface area contributed by atoms with Crippen LogP contribution in [0.2, 0.25) is 0 Å². The largest absolute Gasteiger partial charge is 0.314 e. The minimum Gasteiger partial charge on any atom is -0.314 e. The Bertz CT molecular complexity index is 949. The van der Waals surface area contributed by atoms with Crippen LogP contribution in [-0.2, 0) is 5.41 Å². The maximum Gasteiger partial charge on any atom is 0.0950 e. The second-order valence-corrected chi connectivity index (χ2v) is 10.6. The highest BCUT2D eigenvalue weighted by Crippen LogP contribution is 2.48. The Morgan fingerprint density at radius 3 is 2.57 bits per heavy atom. The van der Waals surface area contributed by atoms with E-state index in [1.165, 1.54) is 28.7 Å². The number of unbranched alkanes of at least 4 members (excludes halogenated alkanes) is 1. The molecule has 202 valence electrons. The highest BCUT2D eigenvalue weighted by molar-refractivity contribution is 5.44. The molecule has 1 N–H and O–H groups in total. The Labute approximate surface area is 226 Å². The fourth-order valence-corrected chi connectivity index (χ4v) is 5.69. The fourth-order valence-electron chi connectivity index (χ4n) is 5.69. The molecule has 3 unspecified atom stereocenters. The molecular weight excluding hydrogens is 452 g/mol. The molecule has 37 heavy (non-hydrogen) atoms. The maximum absolute atomic E-state index is 11.9. The minimum absolute atomic E-state index is 0.283. The van der Waals surface area contributed by atoms with Gasteiger partial charge in [-0.15, -0.1) is 0 Å². The lowest BCUT2D eigenvalue weighted by molar-refractivity contribution is 0.323. The number of nitrogens with one attached hydrogen (secondary N) is 1. The standard InChI is InChI=1S/C34H50N2O/c1-6-9-17-29(18-14-16-28(4)5)19-15-25-35-33-24-23-32(26-33)34(27-36-37,30(8-3)20-10-7-2)31-21-12-11-13-22-31/h8,10-14,16-18,20-22,32-33,35H,6-7,9,15,19,23-27H2,1-5H3/b18-14-,20-10-,29-17+,30-8+. The summed E-state index contributed by atoms with van der Waals surface area (Å²) in [6.45, 7) is 12.1. The van der Waals surface area contributed by atoms with E-state index >= 15 is 0 Å². The van der Waals surface area contributed by atoms with E-state index in [9.17, 15) is 4.91 Å². The molecule has 0 amide bonds. The molecule has 0 aliphatic heterocycles. The van der Waals surface area contributed by atoms with Gasteiger partial charge in [0.05, 0.1) is 6.54 Å². The smallest absolute Gasteiger partial charge is 0.0950 e. The van der Waals surface area contributed by atoms with Gasteiger partial charge in [0.2, 0.25) is 0 Å². The molecule has 3 atom stereocenters. The Morgan fingerprint density at radius 1 is 1.14 bits per heavy atom. The molecule has 0 heterocycles. The van der Waals surface area contributed by atoms with E-state index in [0.717, 1.165) is 51.5 Å². The molecular formula is C34H50N2O. The summed E-state index contributed by atoms with van der Waals surface area (Å²) in [5.41, 5.74) is 4.82. The predicted octanol–water partition coefficient (Wildman–Crippen LogP) is 9.39. The van der Waals surface area contributed by atoms with Crippen LogP contribution in [0, 0.1) is 10.8 Å². The van der Waals surface area contributed by atoms with Crippen molar-refractivity contribution in [1.82, 2.24) is 5.32 Å². The van der Waals surface area contributed by atoms with Crippen LogP contribution < -0.4 is 5.32 Å². The molecule has 3 nitrogen and oxygen atoms in total. The van der Waals surface area contributed by atoms with Crippen LogP contribution >= 0.6 is 0 Å². The second kappa shape index (κ2) is 17.1. The second-order valence-electron chi connectivity index (χ2n) is 10.6. The average Bonchev–Trinajstić information content (AvgIpc) is 3.38. The van der Waals surface area contributed by atoms with E-state index in [1.807, 2.05) is 0 Å². The van der Waals surface area contributed by atoms with Gasteiger partial charge >= 0.3 is 0 Å². The van der Waals surface area contributed by atoms with Gasteiger partial charge in [-0.2, -0.15) is 4.91 Å². The predicted molar refractivity (Wildman–Crippen MR) is 162 cm³/mol. The van der Waals surface area contributed by atoms with Crippen molar-refractivity contribution >= 4 is 0 Å². The Balaban J connectivity index is 2.11. The molecule has 2 rings (SSSR count). The molecule has 1 saturated carbocycles. The molecule has 0 spiro atoms. The summed E-state index contributed by atoms with van der Waals surface area (Å²) in [5, 5.41) is 7.38. The number of nitroso groups, excluding NO2 is 1. The van der Waals surface area contributed by atoms with Crippen LogP contribution in [0.25, 0.3) is 0 Å². The Kier molecular flexibility index (Phi) is 14.2. The van der Waals surface area contributed by atoms with Crippen molar-refractivity contribution in [2.45, 2.75) is 97.4 Å². The van der Waals surface area contributed by atoms with E-state index in [4.69, 9.17) is 0 Å². The van der Waals surface area contributed by atoms with Crippen molar-refractivity contribution < 1.29 is 0 Å². The normalized spacial score (nSPS) is 20.5. The Morgan fingerprint density at radius 2 is 1.92 bits per heavy atom. The van der Waals surface area contributed by atoms with Gasteiger partial charge in [0, 0.05) is 11.5 Å². The third-order valence-electron chi connectivity index (χ3n) is 7.60. The van der Waals surface area contributed by atoms with Gasteiger partial charge in [0.25, 0.3) is 0 Å². The van der Waals surface area contributed by atoms with E-state index in [2.05, 4.69) is 118 Å². The summed E-state index contributed by atoms with van der Waals surface area (Å²) in [7, 11) is 0. The van der Waals surface area contributed by atoms with Gasteiger partial charge in [-0.25, -0.2) is 0 Å². The minimum atomic E-state index is -0.369. The fraction of sp³-hybridized carbons (Fsp3) is 0.529. The number of nitrogens with zero attached hydrogens (tertiary/aromatic N) is 1. The van der Waals surface area contributed by atoms with Gasteiger partial charge < -0.3 is 5.32 Å². The first-order valence-corrected chi connectivity index (χ1v) is 14.4. The highest BCUT2D eigenvalue weighted by atomic mass is 16.3. The van der Waals surface area contributed by atoms with Crippen molar-refractivity contribution in [3.63, 3.8) is 0 Å². The molecule has 0 aromatic heterocycles. The third-order valence-corrected chi connectivity index (χ3v) is 7.60. The van der Waals surface area contributed by atoms with E-state index in [1.54, 1.807) is 0 Å². The van der Waals surface area contributed by atoms with Crippen molar-refractivity contribution in [3.8, 4) is 0 Å². The van der Waals surface area contributed by atoms with E-state index in [-0.39, 0.29) is 12.0 Å². The SMILES string of the molecule is C/C=C(\C=C/CC)C(CN=O)(c1ccccc1)C1CCC(NCCCC(/C=C\C=C(C)C)=C/CCC)C1. The average molecular weight is 503 g/mol. The van der Waals surface area contributed by atoms with Gasteiger partial charge in [-0.3, -0.25) is 0 Å². The number of rotatable bonds is 16. The van der Waals surface area contributed by atoms with Crippen molar-refractivity contribution in [3.05, 3.63) is 100 Å². The molecule has 1 aliphatic carbocycles. The summed E-state index contributed by atoms with van der Waals surface area (Å²) in [6.07, 6.45) is 24.5. The van der Waals surface area contributed by atoms with Gasteiger partial charge in [-0.1, -0.05) is 109 Å².